The van der Waals surface area contributed by atoms with E-state index in [4.69, 9.17) is 9.47 Å². The van der Waals surface area contributed by atoms with Crippen molar-refractivity contribution in [3.05, 3.63) is 24.3 Å². The average Bonchev–Trinajstić information content (AvgIpc) is 2.43. The lowest BCUT2D eigenvalue weighted by Gasteiger charge is -2.20. The highest BCUT2D eigenvalue weighted by molar-refractivity contribution is 5.81. The molecule has 1 atom stereocenters. The van der Waals surface area contributed by atoms with Gasteiger partial charge in [0.25, 0.3) is 0 Å². The van der Waals surface area contributed by atoms with Crippen LogP contribution in [0.2, 0.25) is 0 Å². The lowest BCUT2D eigenvalue weighted by Crippen LogP contribution is -2.21. The van der Waals surface area contributed by atoms with Gasteiger partial charge in [0.2, 0.25) is 0 Å². The Morgan fingerprint density at radius 1 is 1.16 bits per heavy atom. The highest BCUT2D eigenvalue weighted by Gasteiger charge is 2.21. The predicted octanol–water partition coefficient (Wildman–Crippen LogP) is 3.61. The quantitative estimate of drug-likeness (QED) is 0.785. The van der Waals surface area contributed by atoms with Crippen LogP contribution in [0.15, 0.2) is 24.3 Å². The first kappa shape index (κ1) is 13.9. The number of hydrogen-bond donors (Lipinski definition) is 0. The Balaban J connectivity index is 1.83. The van der Waals surface area contributed by atoms with Gasteiger partial charge in [-0.25, -0.2) is 0 Å². The van der Waals surface area contributed by atoms with Crippen LogP contribution in [0.25, 0.3) is 0 Å². The third kappa shape index (κ3) is 3.98. The van der Waals surface area contributed by atoms with Crippen LogP contribution < -0.4 is 9.47 Å². The standard InChI is InChI=1S/C16H22O3/c1-2-18-15-9-5-6-10-16(15)19-12-11-13-7-3-4-8-14(13)17/h5-6,9-10,13H,2-4,7-8,11-12H2,1H3. The minimum Gasteiger partial charge on any atom is -0.490 e. The normalized spacial score (nSPS) is 19.2. The summed E-state index contributed by atoms with van der Waals surface area (Å²) in [6.07, 6.45) is 4.82. The third-order valence-corrected chi connectivity index (χ3v) is 3.55. The van der Waals surface area contributed by atoms with Gasteiger partial charge in [-0.1, -0.05) is 18.6 Å². The number of hydrogen-bond acceptors (Lipinski definition) is 3. The molecule has 1 aromatic carbocycles. The molecule has 0 amide bonds. The van der Waals surface area contributed by atoms with Gasteiger partial charge >= 0.3 is 0 Å². The second-order valence-electron chi connectivity index (χ2n) is 4.93. The molecule has 19 heavy (non-hydrogen) atoms. The second-order valence-corrected chi connectivity index (χ2v) is 4.93. The summed E-state index contributed by atoms with van der Waals surface area (Å²) in [5, 5.41) is 0. The lowest BCUT2D eigenvalue weighted by molar-refractivity contribution is -0.125. The van der Waals surface area contributed by atoms with Crippen LogP contribution in [-0.4, -0.2) is 19.0 Å². The number of ketones is 1. The Hall–Kier alpha value is -1.51. The van der Waals surface area contributed by atoms with E-state index in [0.29, 0.717) is 19.0 Å². The fourth-order valence-corrected chi connectivity index (χ4v) is 2.52. The molecule has 3 heteroatoms. The Labute approximate surface area is 114 Å². The fourth-order valence-electron chi connectivity index (χ4n) is 2.52. The van der Waals surface area contributed by atoms with Gasteiger partial charge in [0.05, 0.1) is 13.2 Å². The predicted molar refractivity (Wildman–Crippen MR) is 74.7 cm³/mol. The second kappa shape index (κ2) is 7.17. The van der Waals surface area contributed by atoms with Gasteiger partial charge in [0, 0.05) is 12.3 Å². The van der Waals surface area contributed by atoms with Gasteiger partial charge in [-0.3, -0.25) is 4.79 Å². The molecule has 1 unspecified atom stereocenters. The summed E-state index contributed by atoms with van der Waals surface area (Å²) in [5.74, 6) is 2.16. The van der Waals surface area contributed by atoms with Crippen LogP contribution in [-0.2, 0) is 4.79 Å². The first-order valence-corrected chi connectivity index (χ1v) is 7.18. The Bertz CT molecular complexity index is 414. The number of carbonyl (C=O) groups is 1. The van der Waals surface area contributed by atoms with Crippen molar-refractivity contribution in [3.63, 3.8) is 0 Å². The molecular formula is C16H22O3. The van der Waals surface area contributed by atoms with Crippen LogP contribution in [0.4, 0.5) is 0 Å². The van der Waals surface area contributed by atoms with Crippen molar-refractivity contribution >= 4 is 5.78 Å². The van der Waals surface area contributed by atoms with E-state index in [9.17, 15) is 4.79 Å². The summed E-state index contributed by atoms with van der Waals surface area (Å²) in [6, 6.07) is 7.68. The molecule has 104 valence electrons. The first-order valence-electron chi connectivity index (χ1n) is 7.18. The molecule has 0 saturated heterocycles. The molecular weight excluding hydrogens is 240 g/mol. The zero-order valence-electron chi connectivity index (χ0n) is 11.6. The highest BCUT2D eigenvalue weighted by atomic mass is 16.5. The zero-order valence-corrected chi connectivity index (χ0v) is 11.6. The maximum absolute atomic E-state index is 11.7. The van der Waals surface area contributed by atoms with Gasteiger partial charge in [-0.15, -0.1) is 0 Å². The van der Waals surface area contributed by atoms with Gasteiger partial charge in [0.15, 0.2) is 11.5 Å². The number of ether oxygens (including phenoxy) is 2. The number of carbonyl (C=O) groups excluding carboxylic acids is 1. The van der Waals surface area contributed by atoms with E-state index in [1.165, 1.54) is 6.42 Å². The van der Waals surface area contributed by atoms with Crippen molar-refractivity contribution in [2.24, 2.45) is 5.92 Å². The van der Waals surface area contributed by atoms with Crippen molar-refractivity contribution in [1.82, 2.24) is 0 Å². The Morgan fingerprint density at radius 2 is 1.89 bits per heavy atom. The van der Waals surface area contributed by atoms with Crippen LogP contribution in [0.1, 0.15) is 39.0 Å². The van der Waals surface area contributed by atoms with Crippen molar-refractivity contribution in [2.75, 3.05) is 13.2 Å². The maximum Gasteiger partial charge on any atom is 0.161 e. The van der Waals surface area contributed by atoms with Gasteiger partial charge in [0.1, 0.15) is 5.78 Å². The third-order valence-electron chi connectivity index (χ3n) is 3.55. The molecule has 0 aliphatic heterocycles. The lowest BCUT2D eigenvalue weighted by atomic mass is 9.86. The van der Waals surface area contributed by atoms with E-state index in [0.717, 1.165) is 37.2 Å². The minimum absolute atomic E-state index is 0.202. The zero-order chi connectivity index (χ0) is 13.5. The van der Waals surface area contributed by atoms with Crippen molar-refractivity contribution < 1.29 is 14.3 Å². The van der Waals surface area contributed by atoms with Crippen LogP contribution in [0.5, 0.6) is 11.5 Å². The summed E-state index contributed by atoms with van der Waals surface area (Å²) in [4.78, 5) is 11.7. The van der Waals surface area contributed by atoms with Crippen LogP contribution in [0, 0.1) is 5.92 Å². The summed E-state index contributed by atoms with van der Waals surface area (Å²) >= 11 is 0. The molecule has 0 radical (unpaired) electrons. The Kier molecular flexibility index (Phi) is 5.25. The van der Waals surface area contributed by atoms with Gasteiger partial charge in [-0.05, 0) is 38.3 Å². The van der Waals surface area contributed by atoms with Crippen molar-refractivity contribution in [1.29, 1.82) is 0 Å². The Morgan fingerprint density at radius 3 is 2.58 bits per heavy atom. The van der Waals surface area contributed by atoms with Crippen molar-refractivity contribution in [3.8, 4) is 11.5 Å². The van der Waals surface area contributed by atoms with Gasteiger partial charge < -0.3 is 9.47 Å². The highest BCUT2D eigenvalue weighted by Crippen LogP contribution is 2.28. The fraction of sp³-hybridized carbons (Fsp3) is 0.562. The van der Waals surface area contributed by atoms with E-state index in [1.54, 1.807) is 0 Å². The van der Waals surface area contributed by atoms with Crippen molar-refractivity contribution in [2.45, 2.75) is 39.0 Å². The molecule has 1 fully saturated rings. The first-order chi connectivity index (χ1) is 9.31. The molecule has 1 aliphatic carbocycles. The summed E-state index contributed by atoms with van der Waals surface area (Å²) in [7, 11) is 0. The largest absolute Gasteiger partial charge is 0.490 e. The summed E-state index contributed by atoms with van der Waals surface area (Å²) in [5.41, 5.74) is 0. The number of Topliss-reactive ketones (excluding diaryl/α,β-unsaturated/α-hetero) is 1. The molecule has 1 aromatic rings. The molecule has 1 saturated carbocycles. The van der Waals surface area contributed by atoms with E-state index in [2.05, 4.69) is 0 Å². The molecule has 0 N–H and O–H groups in total. The summed E-state index contributed by atoms with van der Waals surface area (Å²) < 4.78 is 11.3. The summed E-state index contributed by atoms with van der Waals surface area (Å²) in [6.45, 7) is 3.17. The van der Waals surface area contributed by atoms with Gasteiger partial charge in [-0.2, -0.15) is 0 Å². The topological polar surface area (TPSA) is 35.5 Å². The molecule has 1 aliphatic rings. The molecule has 3 nitrogen and oxygen atoms in total. The SMILES string of the molecule is CCOc1ccccc1OCCC1CCCCC1=O. The maximum atomic E-state index is 11.7. The van der Waals surface area contributed by atoms with E-state index in [1.807, 2.05) is 31.2 Å². The molecule has 2 rings (SSSR count). The molecule has 0 heterocycles. The molecule has 0 bridgehead atoms. The number of para-hydroxylation sites is 2. The average molecular weight is 262 g/mol. The molecule has 0 aromatic heterocycles. The molecule has 0 spiro atoms. The van der Waals surface area contributed by atoms with Crippen LogP contribution >= 0.6 is 0 Å². The van der Waals surface area contributed by atoms with Crippen LogP contribution in [0.3, 0.4) is 0 Å². The number of benzene rings is 1. The van der Waals surface area contributed by atoms with E-state index >= 15 is 0 Å². The van der Waals surface area contributed by atoms with E-state index < -0.39 is 0 Å². The smallest absolute Gasteiger partial charge is 0.161 e. The minimum atomic E-state index is 0.202. The van der Waals surface area contributed by atoms with E-state index in [-0.39, 0.29) is 5.92 Å². The number of rotatable bonds is 6. The monoisotopic (exact) mass is 262 g/mol.